The lowest BCUT2D eigenvalue weighted by Crippen LogP contribution is -2.04. The monoisotopic (exact) mass is 301 g/mol. The first kappa shape index (κ1) is 12.6. The van der Waals surface area contributed by atoms with Gasteiger partial charge in [-0.05, 0) is 25.0 Å². The summed E-state index contributed by atoms with van der Waals surface area (Å²) in [4.78, 5) is 22.9. The zero-order chi connectivity index (χ0) is 14.6. The Labute approximate surface area is 125 Å². The van der Waals surface area contributed by atoms with E-state index in [1.165, 1.54) is 0 Å². The maximum Gasteiger partial charge on any atom is 0.417 e. The molecule has 0 unspecified atom stereocenters. The van der Waals surface area contributed by atoms with Gasteiger partial charge in [0.05, 0.1) is 22.6 Å². The Hall–Kier alpha value is -2.14. The first-order valence-corrected chi connectivity index (χ1v) is 7.09. The molecule has 0 aliphatic heterocycles. The maximum absolute atomic E-state index is 11.4. The van der Waals surface area contributed by atoms with E-state index in [0.717, 1.165) is 18.5 Å². The number of H-pyrrole nitrogens is 1. The summed E-state index contributed by atoms with van der Waals surface area (Å²) in [6.07, 6.45) is 5.82. The highest BCUT2D eigenvalue weighted by atomic mass is 35.5. The Morgan fingerprint density at radius 1 is 1.29 bits per heavy atom. The van der Waals surface area contributed by atoms with Gasteiger partial charge >= 0.3 is 5.76 Å². The van der Waals surface area contributed by atoms with Gasteiger partial charge < -0.3 is 4.42 Å². The average molecular weight is 302 g/mol. The summed E-state index contributed by atoms with van der Waals surface area (Å²) in [7, 11) is 0. The summed E-state index contributed by atoms with van der Waals surface area (Å²) in [6.45, 7) is 2.18. The van der Waals surface area contributed by atoms with E-state index < -0.39 is 5.76 Å². The van der Waals surface area contributed by atoms with Crippen LogP contribution in [0, 0.1) is 0 Å². The number of fused-ring (bicyclic) bond motifs is 1. The van der Waals surface area contributed by atoms with Crippen molar-refractivity contribution in [2.75, 3.05) is 0 Å². The summed E-state index contributed by atoms with van der Waals surface area (Å²) < 4.78 is 5.18. The number of halogens is 1. The number of nitrogens with one attached hydrogen (secondary N) is 1. The molecule has 1 N–H and O–H groups in total. The Balaban J connectivity index is 1.86. The SMILES string of the molecule is CC1(c2cnc(-c3ccc(Cl)c4[nH]c(=O)oc34)cn2)CC1. The number of hydrogen-bond donors (Lipinski definition) is 1. The molecule has 1 aromatic carbocycles. The first-order valence-electron chi connectivity index (χ1n) is 6.71. The van der Waals surface area contributed by atoms with Crippen LogP contribution in [0.3, 0.4) is 0 Å². The van der Waals surface area contributed by atoms with Gasteiger partial charge in [0.2, 0.25) is 0 Å². The van der Waals surface area contributed by atoms with Crippen LogP contribution in [-0.2, 0) is 5.41 Å². The van der Waals surface area contributed by atoms with Crippen LogP contribution in [0.1, 0.15) is 25.5 Å². The van der Waals surface area contributed by atoms with E-state index in [4.69, 9.17) is 16.0 Å². The van der Waals surface area contributed by atoms with Crippen molar-refractivity contribution in [3.63, 3.8) is 0 Å². The third-order valence-electron chi connectivity index (χ3n) is 4.07. The van der Waals surface area contributed by atoms with Gasteiger partial charge in [-0.15, -0.1) is 0 Å². The molecule has 2 aromatic heterocycles. The fraction of sp³-hybridized carbons (Fsp3) is 0.267. The minimum atomic E-state index is -0.533. The second-order valence-electron chi connectivity index (χ2n) is 5.66. The van der Waals surface area contributed by atoms with Crippen LogP contribution < -0.4 is 5.76 Å². The molecule has 2 heterocycles. The fourth-order valence-electron chi connectivity index (χ4n) is 2.43. The molecule has 1 saturated carbocycles. The topological polar surface area (TPSA) is 71.8 Å². The van der Waals surface area contributed by atoms with Crippen LogP contribution >= 0.6 is 11.6 Å². The Bertz CT molecular complexity index is 891. The molecule has 0 atom stereocenters. The van der Waals surface area contributed by atoms with Gasteiger partial charge in [0, 0.05) is 17.2 Å². The maximum atomic E-state index is 11.4. The minimum Gasteiger partial charge on any atom is -0.407 e. The predicted molar refractivity (Wildman–Crippen MR) is 79.5 cm³/mol. The largest absolute Gasteiger partial charge is 0.417 e. The number of rotatable bonds is 2. The van der Waals surface area contributed by atoms with Crippen molar-refractivity contribution in [1.29, 1.82) is 0 Å². The summed E-state index contributed by atoms with van der Waals surface area (Å²) in [5, 5.41) is 0.440. The van der Waals surface area contributed by atoms with Crippen LogP contribution in [0.5, 0.6) is 0 Å². The number of hydrogen-bond acceptors (Lipinski definition) is 4. The van der Waals surface area contributed by atoms with Gasteiger partial charge in [0.25, 0.3) is 0 Å². The highest BCUT2D eigenvalue weighted by Crippen LogP contribution is 2.46. The van der Waals surface area contributed by atoms with Gasteiger partial charge in [-0.2, -0.15) is 0 Å². The smallest absolute Gasteiger partial charge is 0.407 e. The molecule has 0 spiro atoms. The van der Waals surface area contributed by atoms with E-state index in [1.54, 1.807) is 24.5 Å². The molecule has 3 aromatic rings. The zero-order valence-electron chi connectivity index (χ0n) is 11.3. The number of benzene rings is 1. The number of aromatic nitrogens is 3. The fourth-order valence-corrected chi connectivity index (χ4v) is 2.62. The van der Waals surface area contributed by atoms with E-state index in [9.17, 15) is 4.79 Å². The van der Waals surface area contributed by atoms with Crippen LogP contribution in [0.2, 0.25) is 5.02 Å². The van der Waals surface area contributed by atoms with Crippen molar-refractivity contribution < 1.29 is 4.42 Å². The summed E-state index contributed by atoms with van der Waals surface area (Å²) in [5.74, 6) is -0.533. The molecule has 6 heteroatoms. The molecule has 1 aliphatic carbocycles. The van der Waals surface area contributed by atoms with E-state index >= 15 is 0 Å². The van der Waals surface area contributed by atoms with Gasteiger partial charge in [0.15, 0.2) is 5.58 Å². The zero-order valence-corrected chi connectivity index (χ0v) is 12.1. The lowest BCUT2D eigenvalue weighted by molar-refractivity contribution is 0.556. The van der Waals surface area contributed by atoms with E-state index in [-0.39, 0.29) is 5.41 Å². The van der Waals surface area contributed by atoms with Gasteiger partial charge in [-0.25, -0.2) is 4.79 Å². The lowest BCUT2D eigenvalue weighted by Gasteiger charge is -2.08. The molecule has 5 nitrogen and oxygen atoms in total. The third kappa shape index (κ3) is 1.96. The summed E-state index contributed by atoms with van der Waals surface area (Å²) >= 11 is 6.06. The summed E-state index contributed by atoms with van der Waals surface area (Å²) in [6, 6.07) is 3.49. The molecular formula is C15H12ClN3O2. The highest BCUT2D eigenvalue weighted by Gasteiger charge is 2.40. The van der Waals surface area contributed by atoms with Gasteiger partial charge in [-0.1, -0.05) is 18.5 Å². The molecule has 0 saturated heterocycles. The van der Waals surface area contributed by atoms with Crippen molar-refractivity contribution in [2.45, 2.75) is 25.2 Å². The van der Waals surface area contributed by atoms with Crippen molar-refractivity contribution in [1.82, 2.24) is 15.0 Å². The highest BCUT2D eigenvalue weighted by molar-refractivity contribution is 6.35. The normalized spacial score (nSPS) is 16.3. The van der Waals surface area contributed by atoms with E-state index in [2.05, 4.69) is 21.9 Å². The Kier molecular flexibility index (Phi) is 2.50. The Morgan fingerprint density at radius 2 is 2.10 bits per heavy atom. The predicted octanol–water partition coefficient (Wildman–Crippen LogP) is 3.28. The standard InChI is InChI=1S/C15H12ClN3O2/c1-15(4-5-15)11-7-17-10(6-18-11)8-2-3-9(16)12-13(8)21-14(20)19-12/h2-3,6-7H,4-5H2,1H3,(H,19,20). The van der Waals surface area contributed by atoms with Gasteiger partial charge in [0.1, 0.15) is 5.52 Å². The van der Waals surface area contributed by atoms with Crippen molar-refractivity contribution in [3.8, 4) is 11.3 Å². The minimum absolute atomic E-state index is 0.182. The van der Waals surface area contributed by atoms with Crippen LogP contribution in [0.4, 0.5) is 0 Å². The van der Waals surface area contributed by atoms with Crippen LogP contribution in [0.15, 0.2) is 33.7 Å². The Morgan fingerprint density at radius 3 is 2.76 bits per heavy atom. The van der Waals surface area contributed by atoms with Crippen molar-refractivity contribution in [2.24, 2.45) is 0 Å². The van der Waals surface area contributed by atoms with Gasteiger partial charge in [-0.3, -0.25) is 15.0 Å². The molecule has 0 bridgehead atoms. The summed E-state index contributed by atoms with van der Waals surface area (Å²) in [5.41, 5.74) is 3.44. The molecule has 21 heavy (non-hydrogen) atoms. The molecule has 0 amide bonds. The molecule has 1 aliphatic rings. The second-order valence-corrected chi connectivity index (χ2v) is 6.07. The first-order chi connectivity index (χ1) is 10.1. The quantitative estimate of drug-likeness (QED) is 0.788. The number of aromatic amines is 1. The van der Waals surface area contributed by atoms with E-state index in [1.807, 2.05) is 0 Å². The molecule has 106 valence electrons. The lowest BCUT2D eigenvalue weighted by atomic mass is 10.1. The number of nitrogens with zero attached hydrogens (tertiary/aromatic N) is 2. The second kappa shape index (κ2) is 4.18. The third-order valence-corrected chi connectivity index (χ3v) is 4.39. The number of oxazole rings is 1. The van der Waals surface area contributed by atoms with E-state index in [0.29, 0.717) is 27.4 Å². The van der Waals surface area contributed by atoms with Crippen molar-refractivity contribution >= 4 is 22.7 Å². The molecular weight excluding hydrogens is 290 g/mol. The van der Waals surface area contributed by atoms with Crippen LogP contribution in [-0.4, -0.2) is 15.0 Å². The molecule has 4 rings (SSSR count). The molecule has 0 radical (unpaired) electrons. The van der Waals surface area contributed by atoms with Crippen molar-refractivity contribution in [3.05, 3.63) is 45.8 Å². The average Bonchev–Trinajstić information content (AvgIpc) is 3.10. The van der Waals surface area contributed by atoms with Crippen LogP contribution in [0.25, 0.3) is 22.4 Å². The molecule has 1 fully saturated rings.